The van der Waals surface area contributed by atoms with E-state index in [9.17, 15) is 4.79 Å². The molecule has 0 aromatic rings. The normalized spacial score (nSPS) is 32.4. The summed E-state index contributed by atoms with van der Waals surface area (Å²) >= 11 is 0. The standard InChI is InChI=1S/C16H31N3O/c1-5-8-14-16(20)19(15(17-14)12(2)3)11-13-9-6-7-10-18(13)4/h12-15,17H,5-11H2,1-4H3. The lowest BCUT2D eigenvalue weighted by molar-refractivity contribution is -0.131. The highest BCUT2D eigenvalue weighted by Gasteiger charge is 2.40. The van der Waals surface area contributed by atoms with Crippen LogP contribution in [-0.4, -0.2) is 54.1 Å². The van der Waals surface area contributed by atoms with E-state index in [4.69, 9.17) is 0 Å². The summed E-state index contributed by atoms with van der Waals surface area (Å²) in [5.41, 5.74) is 0. The number of hydrogen-bond acceptors (Lipinski definition) is 3. The van der Waals surface area contributed by atoms with Crippen molar-refractivity contribution in [3.05, 3.63) is 0 Å². The lowest BCUT2D eigenvalue weighted by Crippen LogP contribution is -2.50. The van der Waals surface area contributed by atoms with Crippen LogP contribution in [0.15, 0.2) is 0 Å². The lowest BCUT2D eigenvalue weighted by Gasteiger charge is -2.37. The zero-order valence-corrected chi connectivity index (χ0v) is 13.6. The van der Waals surface area contributed by atoms with Crippen molar-refractivity contribution in [2.75, 3.05) is 20.1 Å². The Morgan fingerprint density at radius 2 is 2.10 bits per heavy atom. The second-order valence-corrected chi connectivity index (χ2v) is 6.82. The van der Waals surface area contributed by atoms with Crippen LogP contribution in [0, 0.1) is 5.92 Å². The summed E-state index contributed by atoms with van der Waals surface area (Å²) in [5, 5.41) is 3.55. The molecule has 1 N–H and O–H groups in total. The Kier molecular flexibility index (Phi) is 5.44. The Bertz CT molecular complexity index is 332. The highest BCUT2D eigenvalue weighted by Crippen LogP contribution is 2.23. The van der Waals surface area contributed by atoms with Crippen LogP contribution in [0.25, 0.3) is 0 Å². The van der Waals surface area contributed by atoms with E-state index in [0.29, 0.717) is 17.9 Å². The van der Waals surface area contributed by atoms with E-state index >= 15 is 0 Å². The van der Waals surface area contributed by atoms with E-state index < -0.39 is 0 Å². The number of amides is 1. The molecule has 20 heavy (non-hydrogen) atoms. The molecule has 0 aromatic carbocycles. The van der Waals surface area contributed by atoms with Gasteiger partial charge in [-0.2, -0.15) is 0 Å². The minimum absolute atomic E-state index is 0.0429. The molecule has 0 saturated carbocycles. The van der Waals surface area contributed by atoms with Crippen molar-refractivity contribution in [1.82, 2.24) is 15.1 Å². The average Bonchev–Trinajstić information content (AvgIpc) is 2.71. The predicted molar refractivity (Wildman–Crippen MR) is 82.4 cm³/mol. The van der Waals surface area contributed by atoms with Gasteiger partial charge in [-0.3, -0.25) is 10.1 Å². The molecule has 2 heterocycles. The van der Waals surface area contributed by atoms with Crippen LogP contribution in [0.1, 0.15) is 52.9 Å². The van der Waals surface area contributed by atoms with Crippen molar-refractivity contribution in [3.8, 4) is 0 Å². The van der Waals surface area contributed by atoms with Gasteiger partial charge in [-0.1, -0.05) is 33.6 Å². The molecule has 0 bridgehead atoms. The number of rotatable bonds is 5. The van der Waals surface area contributed by atoms with Crippen molar-refractivity contribution in [3.63, 3.8) is 0 Å². The van der Waals surface area contributed by atoms with Crippen LogP contribution in [0.4, 0.5) is 0 Å². The van der Waals surface area contributed by atoms with Gasteiger partial charge >= 0.3 is 0 Å². The van der Waals surface area contributed by atoms with Crippen LogP contribution in [0.3, 0.4) is 0 Å². The highest BCUT2D eigenvalue weighted by atomic mass is 16.2. The summed E-state index contributed by atoms with van der Waals surface area (Å²) in [6.45, 7) is 8.63. The molecule has 2 rings (SSSR count). The van der Waals surface area contributed by atoms with Crippen LogP contribution < -0.4 is 5.32 Å². The molecule has 2 saturated heterocycles. The van der Waals surface area contributed by atoms with Crippen LogP contribution in [0.2, 0.25) is 0 Å². The molecule has 3 atom stereocenters. The molecule has 2 aliphatic rings. The molecule has 0 aromatic heterocycles. The van der Waals surface area contributed by atoms with Gasteiger partial charge in [0.1, 0.15) is 0 Å². The van der Waals surface area contributed by atoms with Crippen LogP contribution in [0.5, 0.6) is 0 Å². The Balaban J connectivity index is 2.04. The Labute approximate surface area is 123 Å². The third-order valence-electron chi connectivity index (χ3n) is 4.83. The lowest BCUT2D eigenvalue weighted by atomic mass is 10.0. The molecule has 2 aliphatic heterocycles. The average molecular weight is 281 g/mol. The first-order valence-electron chi connectivity index (χ1n) is 8.31. The van der Waals surface area contributed by atoms with Crippen LogP contribution in [-0.2, 0) is 4.79 Å². The van der Waals surface area contributed by atoms with Gasteiger partial charge in [-0.15, -0.1) is 0 Å². The number of hydrogen-bond donors (Lipinski definition) is 1. The molecule has 0 spiro atoms. The summed E-state index contributed by atoms with van der Waals surface area (Å²) in [6.07, 6.45) is 6.06. The van der Waals surface area contributed by atoms with Gasteiger partial charge < -0.3 is 9.80 Å². The summed E-state index contributed by atoms with van der Waals surface area (Å²) < 4.78 is 0. The number of nitrogens with one attached hydrogen (secondary N) is 1. The molecule has 4 heteroatoms. The fraction of sp³-hybridized carbons (Fsp3) is 0.938. The van der Waals surface area contributed by atoms with Gasteiger partial charge in [-0.05, 0) is 38.8 Å². The number of likely N-dealkylation sites (N-methyl/N-ethyl adjacent to an activating group) is 1. The molecule has 4 nitrogen and oxygen atoms in total. The van der Waals surface area contributed by atoms with Gasteiger partial charge in [0, 0.05) is 12.6 Å². The van der Waals surface area contributed by atoms with Crippen molar-refractivity contribution >= 4 is 5.91 Å². The fourth-order valence-electron chi connectivity index (χ4n) is 3.56. The maximum atomic E-state index is 12.6. The van der Waals surface area contributed by atoms with Crippen molar-refractivity contribution in [2.24, 2.45) is 5.92 Å². The summed E-state index contributed by atoms with van der Waals surface area (Å²) in [4.78, 5) is 17.2. The van der Waals surface area contributed by atoms with Gasteiger partial charge in [0.25, 0.3) is 0 Å². The van der Waals surface area contributed by atoms with E-state index in [1.807, 2.05) is 0 Å². The number of carbonyl (C=O) groups excluding carboxylic acids is 1. The van der Waals surface area contributed by atoms with Crippen molar-refractivity contribution in [1.29, 1.82) is 0 Å². The van der Waals surface area contributed by atoms with E-state index in [1.165, 1.54) is 25.8 Å². The van der Waals surface area contributed by atoms with Crippen LogP contribution >= 0.6 is 0 Å². The molecule has 0 radical (unpaired) electrons. The van der Waals surface area contributed by atoms with Gasteiger partial charge in [0.2, 0.25) is 5.91 Å². The molecular weight excluding hydrogens is 250 g/mol. The van der Waals surface area contributed by atoms with E-state index in [2.05, 4.69) is 42.9 Å². The quantitative estimate of drug-likeness (QED) is 0.838. The maximum absolute atomic E-state index is 12.6. The highest BCUT2D eigenvalue weighted by molar-refractivity contribution is 5.84. The van der Waals surface area contributed by atoms with Gasteiger partial charge in [-0.25, -0.2) is 0 Å². The topological polar surface area (TPSA) is 35.6 Å². The first-order chi connectivity index (χ1) is 9.54. The number of piperidine rings is 1. The molecule has 0 aliphatic carbocycles. The van der Waals surface area contributed by atoms with E-state index in [0.717, 1.165) is 19.4 Å². The zero-order valence-electron chi connectivity index (χ0n) is 13.6. The van der Waals surface area contributed by atoms with E-state index in [1.54, 1.807) is 0 Å². The fourth-order valence-corrected chi connectivity index (χ4v) is 3.56. The third kappa shape index (κ3) is 3.34. The summed E-state index contributed by atoms with van der Waals surface area (Å²) in [5.74, 6) is 0.791. The molecule has 3 unspecified atom stereocenters. The second-order valence-electron chi connectivity index (χ2n) is 6.82. The number of nitrogens with zero attached hydrogens (tertiary/aromatic N) is 2. The molecular formula is C16H31N3O. The van der Waals surface area contributed by atoms with Crippen molar-refractivity contribution in [2.45, 2.75) is 71.1 Å². The minimum Gasteiger partial charge on any atom is -0.324 e. The van der Waals surface area contributed by atoms with Gasteiger partial charge in [0.15, 0.2) is 0 Å². The largest absolute Gasteiger partial charge is 0.324 e. The zero-order chi connectivity index (χ0) is 14.7. The van der Waals surface area contributed by atoms with Crippen molar-refractivity contribution < 1.29 is 4.79 Å². The summed E-state index contributed by atoms with van der Waals surface area (Å²) in [6, 6.07) is 0.581. The first-order valence-corrected chi connectivity index (χ1v) is 8.31. The molecule has 1 amide bonds. The third-order valence-corrected chi connectivity index (χ3v) is 4.83. The maximum Gasteiger partial charge on any atom is 0.241 e. The predicted octanol–water partition coefficient (Wildman–Crippen LogP) is 2.05. The Morgan fingerprint density at radius 3 is 2.70 bits per heavy atom. The Hall–Kier alpha value is -0.610. The molecule has 2 fully saturated rings. The molecule has 116 valence electrons. The first kappa shape index (κ1) is 15.8. The number of carbonyl (C=O) groups is 1. The summed E-state index contributed by atoms with van der Waals surface area (Å²) in [7, 11) is 2.20. The second kappa shape index (κ2) is 6.90. The van der Waals surface area contributed by atoms with E-state index in [-0.39, 0.29) is 12.2 Å². The number of likely N-dealkylation sites (tertiary alicyclic amines) is 1. The minimum atomic E-state index is 0.0429. The monoisotopic (exact) mass is 281 g/mol. The SMILES string of the molecule is CCCC1NC(C(C)C)N(CC2CCCCN2C)C1=O. The van der Waals surface area contributed by atoms with Gasteiger partial charge in [0.05, 0.1) is 12.2 Å². The Morgan fingerprint density at radius 1 is 1.35 bits per heavy atom. The smallest absolute Gasteiger partial charge is 0.241 e.